The van der Waals surface area contributed by atoms with Crippen LogP contribution in [0.3, 0.4) is 0 Å². The SMILES string of the molecule is Cc1c(S(=O)(=O)NCP(=O)(O)Oc2ccc(C#N)nc2)sc2cc(CCCCN)c(OCCCN)cc12. The predicted molar refractivity (Wildman–Crippen MR) is 142 cm³/mol. The van der Waals surface area contributed by atoms with E-state index in [0.717, 1.165) is 52.4 Å². The van der Waals surface area contributed by atoms with Crippen molar-refractivity contribution in [2.75, 3.05) is 26.0 Å². The Bertz CT molecular complexity index is 1420. The number of aromatic nitrogens is 1. The molecule has 2 aromatic heterocycles. The number of hydrogen-bond acceptors (Lipinski definition) is 10. The second-order valence-electron chi connectivity index (χ2n) is 8.23. The monoisotopic (exact) mass is 567 g/mol. The second kappa shape index (κ2) is 12.8. The van der Waals surface area contributed by atoms with Gasteiger partial charge in [0.25, 0.3) is 10.0 Å². The summed E-state index contributed by atoms with van der Waals surface area (Å²) >= 11 is 1.08. The molecule has 14 heteroatoms. The minimum absolute atomic E-state index is 0.0366. The van der Waals surface area contributed by atoms with Crippen LogP contribution in [0, 0.1) is 18.3 Å². The highest BCUT2D eigenvalue weighted by Gasteiger charge is 2.28. The van der Waals surface area contributed by atoms with Crippen molar-refractivity contribution in [1.82, 2.24) is 9.71 Å². The van der Waals surface area contributed by atoms with Crippen molar-refractivity contribution in [2.45, 2.75) is 36.8 Å². The van der Waals surface area contributed by atoms with E-state index in [4.69, 9.17) is 26.0 Å². The fourth-order valence-corrected chi connectivity index (χ4v) is 7.86. The molecule has 0 aliphatic heterocycles. The lowest BCUT2D eigenvalue weighted by atomic mass is 10.0. The minimum Gasteiger partial charge on any atom is -0.493 e. The molecule has 0 saturated carbocycles. The largest absolute Gasteiger partial charge is 0.493 e. The van der Waals surface area contributed by atoms with Gasteiger partial charge in [-0.15, -0.1) is 11.3 Å². The molecule has 37 heavy (non-hydrogen) atoms. The summed E-state index contributed by atoms with van der Waals surface area (Å²) in [6, 6.07) is 8.21. The van der Waals surface area contributed by atoms with Crippen LogP contribution in [0.1, 0.15) is 36.1 Å². The van der Waals surface area contributed by atoms with E-state index >= 15 is 0 Å². The van der Waals surface area contributed by atoms with Gasteiger partial charge in [-0.25, -0.2) is 18.0 Å². The number of nitrogens with one attached hydrogen (secondary N) is 1. The highest BCUT2D eigenvalue weighted by atomic mass is 32.2. The van der Waals surface area contributed by atoms with E-state index in [-0.39, 0.29) is 15.7 Å². The fourth-order valence-electron chi connectivity index (χ4n) is 3.51. The number of thiophene rings is 1. The summed E-state index contributed by atoms with van der Waals surface area (Å²) in [7, 11) is -8.53. The number of nitriles is 1. The number of nitrogens with zero attached hydrogens (tertiary/aromatic N) is 2. The number of nitrogens with two attached hydrogens (primary N) is 2. The zero-order valence-electron chi connectivity index (χ0n) is 20.3. The zero-order valence-corrected chi connectivity index (χ0v) is 22.9. The smallest absolute Gasteiger partial charge is 0.391 e. The van der Waals surface area contributed by atoms with Gasteiger partial charge in [0.2, 0.25) is 0 Å². The van der Waals surface area contributed by atoms with Crippen molar-refractivity contribution in [3.63, 3.8) is 0 Å². The standard InChI is InChI=1S/C23H30N5O6PS2/c1-16-20-12-21(33-10-4-9-25)17(5-2-3-8-24)11-22(20)36-23(16)37(31,32)28-15-35(29,30)34-19-7-6-18(13-26)27-14-19/h6-7,11-12,14,28H,2-5,8-10,15,24-25H2,1H3,(H,29,30). The summed E-state index contributed by atoms with van der Waals surface area (Å²) in [4.78, 5) is 13.9. The zero-order chi connectivity index (χ0) is 27.1. The maximum atomic E-state index is 13.1. The molecule has 0 fully saturated rings. The van der Waals surface area contributed by atoms with Crippen LogP contribution in [0.15, 0.2) is 34.7 Å². The number of aryl methyl sites for hydroxylation is 2. The first-order valence-electron chi connectivity index (χ1n) is 11.6. The number of hydrogen-bond donors (Lipinski definition) is 4. The molecule has 0 aliphatic rings. The third kappa shape index (κ3) is 7.72. The minimum atomic E-state index is -4.40. The molecule has 1 aromatic carbocycles. The van der Waals surface area contributed by atoms with E-state index in [2.05, 4.69) is 9.71 Å². The summed E-state index contributed by atoms with van der Waals surface area (Å²) in [5, 5.41) is 9.52. The van der Waals surface area contributed by atoms with Crippen LogP contribution in [-0.2, 0) is 21.0 Å². The third-order valence-electron chi connectivity index (χ3n) is 5.38. The molecule has 0 radical (unpaired) electrons. The Balaban J connectivity index is 1.82. The molecule has 0 aliphatic carbocycles. The maximum Gasteiger partial charge on any atom is 0.391 e. The maximum absolute atomic E-state index is 13.1. The van der Waals surface area contributed by atoms with Gasteiger partial charge in [-0.05, 0) is 81.1 Å². The predicted octanol–water partition coefficient (Wildman–Crippen LogP) is 2.99. The number of unbranched alkanes of at least 4 members (excludes halogenated alkanes) is 1. The number of rotatable bonds is 14. The topological polar surface area (TPSA) is 191 Å². The molecule has 3 rings (SSSR count). The van der Waals surface area contributed by atoms with Gasteiger partial charge in [-0.2, -0.15) is 9.98 Å². The van der Waals surface area contributed by atoms with E-state index in [1.54, 1.807) is 6.92 Å². The van der Waals surface area contributed by atoms with Crippen molar-refractivity contribution in [3.8, 4) is 17.6 Å². The van der Waals surface area contributed by atoms with Crippen molar-refractivity contribution in [1.29, 1.82) is 5.26 Å². The van der Waals surface area contributed by atoms with Crippen molar-refractivity contribution >= 4 is 39.0 Å². The molecule has 1 unspecified atom stereocenters. The van der Waals surface area contributed by atoms with Gasteiger partial charge in [-0.1, -0.05) is 0 Å². The summed E-state index contributed by atoms with van der Waals surface area (Å²) in [6.45, 7) is 3.21. The molecule has 3 aromatic rings. The van der Waals surface area contributed by atoms with Gasteiger partial charge in [0.05, 0.1) is 12.8 Å². The van der Waals surface area contributed by atoms with Crippen molar-refractivity contribution in [2.24, 2.45) is 11.5 Å². The summed E-state index contributed by atoms with van der Waals surface area (Å²) < 4.78 is 52.7. The first-order chi connectivity index (χ1) is 17.6. The third-order valence-corrected chi connectivity index (χ3v) is 9.92. The lowest BCUT2D eigenvalue weighted by Crippen LogP contribution is -2.25. The van der Waals surface area contributed by atoms with E-state index in [1.807, 2.05) is 18.2 Å². The molecule has 2 heterocycles. The van der Waals surface area contributed by atoms with Gasteiger partial charge in [0.15, 0.2) is 0 Å². The lowest BCUT2D eigenvalue weighted by molar-refractivity contribution is 0.310. The van der Waals surface area contributed by atoms with Crippen LogP contribution in [0.25, 0.3) is 10.1 Å². The fraction of sp³-hybridized carbons (Fsp3) is 0.391. The van der Waals surface area contributed by atoms with Gasteiger partial charge in [0, 0.05) is 10.1 Å². The van der Waals surface area contributed by atoms with Gasteiger partial charge < -0.3 is 25.6 Å². The summed E-state index contributed by atoms with van der Waals surface area (Å²) in [5.41, 5.74) is 12.8. The van der Waals surface area contributed by atoms with Gasteiger partial charge >= 0.3 is 7.60 Å². The Morgan fingerprint density at radius 3 is 2.62 bits per heavy atom. The van der Waals surface area contributed by atoms with Crippen LogP contribution in [-0.4, -0.2) is 44.3 Å². The van der Waals surface area contributed by atoms with Crippen LogP contribution in [0.2, 0.25) is 0 Å². The average Bonchev–Trinajstić information content (AvgIpc) is 3.19. The number of sulfonamides is 1. The molecule has 6 N–H and O–H groups in total. The quantitative estimate of drug-likeness (QED) is 0.166. The number of fused-ring (bicyclic) bond motifs is 1. The average molecular weight is 568 g/mol. The molecule has 200 valence electrons. The normalized spacial score (nSPS) is 13.3. The number of ether oxygens (including phenoxy) is 1. The van der Waals surface area contributed by atoms with E-state index in [0.29, 0.717) is 37.4 Å². The Hall–Kier alpha value is -2.56. The lowest BCUT2D eigenvalue weighted by Gasteiger charge is -2.14. The Morgan fingerprint density at radius 1 is 1.22 bits per heavy atom. The van der Waals surface area contributed by atoms with E-state index in [1.165, 1.54) is 12.1 Å². The number of benzene rings is 1. The molecular formula is C23H30N5O6PS2. The highest BCUT2D eigenvalue weighted by Crippen LogP contribution is 2.43. The molecule has 0 amide bonds. The molecule has 0 bridgehead atoms. The summed E-state index contributed by atoms with van der Waals surface area (Å²) in [5.74, 6) is 0.617. The summed E-state index contributed by atoms with van der Waals surface area (Å²) in [6.07, 6.45) is 3.42. The molecule has 11 nitrogen and oxygen atoms in total. The Kier molecular flexibility index (Phi) is 10.0. The first kappa shape index (κ1) is 29.0. The van der Waals surface area contributed by atoms with E-state index in [9.17, 15) is 17.9 Å². The molecule has 1 atom stereocenters. The Labute approximate surface area is 220 Å². The van der Waals surface area contributed by atoms with E-state index < -0.39 is 23.9 Å². The van der Waals surface area contributed by atoms with Crippen LogP contribution in [0.4, 0.5) is 0 Å². The van der Waals surface area contributed by atoms with Crippen LogP contribution in [0.5, 0.6) is 11.5 Å². The Morgan fingerprint density at radius 2 is 1.97 bits per heavy atom. The van der Waals surface area contributed by atoms with Crippen LogP contribution < -0.4 is 25.5 Å². The van der Waals surface area contributed by atoms with Crippen molar-refractivity contribution < 1.29 is 27.1 Å². The molecule has 0 saturated heterocycles. The molecular weight excluding hydrogens is 537 g/mol. The van der Waals surface area contributed by atoms with Crippen LogP contribution >= 0.6 is 18.9 Å². The molecule has 0 spiro atoms. The van der Waals surface area contributed by atoms with Crippen molar-refractivity contribution in [3.05, 3.63) is 47.3 Å². The van der Waals surface area contributed by atoms with Gasteiger partial charge in [0.1, 0.15) is 33.8 Å². The van der Waals surface area contributed by atoms with Gasteiger partial charge in [-0.3, -0.25) is 0 Å². The highest BCUT2D eigenvalue weighted by molar-refractivity contribution is 7.92. The number of pyridine rings is 1. The first-order valence-corrected chi connectivity index (χ1v) is 15.6. The second-order valence-corrected chi connectivity index (χ2v) is 13.0.